The topological polar surface area (TPSA) is 85.6 Å². The molecule has 0 spiro atoms. The lowest BCUT2D eigenvalue weighted by molar-refractivity contribution is -0.131. The van der Waals surface area contributed by atoms with Crippen molar-refractivity contribution in [3.05, 3.63) is 33.6 Å². The van der Waals surface area contributed by atoms with Gasteiger partial charge in [-0.25, -0.2) is 9.59 Å². The van der Waals surface area contributed by atoms with Gasteiger partial charge in [0, 0.05) is 18.0 Å². The van der Waals surface area contributed by atoms with Gasteiger partial charge >= 0.3 is 11.9 Å². The minimum Gasteiger partial charge on any atom is -0.475 e. The van der Waals surface area contributed by atoms with Crippen molar-refractivity contribution in [2.75, 3.05) is 6.61 Å². The van der Waals surface area contributed by atoms with Crippen molar-refractivity contribution in [3.8, 4) is 11.3 Å². The van der Waals surface area contributed by atoms with Gasteiger partial charge in [0.1, 0.15) is 5.69 Å². The highest BCUT2D eigenvalue weighted by molar-refractivity contribution is 7.08. The van der Waals surface area contributed by atoms with E-state index in [0.717, 1.165) is 5.56 Å². The number of carbonyl (C=O) groups excluding carboxylic acids is 2. The number of aromatic nitrogens is 1. The average molecular weight is 321 g/mol. The Morgan fingerprint density at radius 2 is 2.05 bits per heavy atom. The first-order chi connectivity index (χ1) is 10.4. The van der Waals surface area contributed by atoms with Gasteiger partial charge in [0.05, 0.1) is 17.9 Å². The van der Waals surface area contributed by atoms with E-state index in [2.05, 4.69) is 0 Å². The lowest BCUT2D eigenvalue weighted by Gasteiger charge is -2.06. The summed E-state index contributed by atoms with van der Waals surface area (Å²) in [4.78, 5) is 35.2. The molecule has 0 aliphatic carbocycles. The number of esters is 1. The monoisotopic (exact) mass is 321 g/mol. The van der Waals surface area contributed by atoms with Crippen molar-refractivity contribution in [1.29, 1.82) is 0 Å². The smallest absolute Gasteiger partial charge is 0.378 e. The van der Waals surface area contributed by atoms with Crippen LogP contribution in [-0.2, 0) is 16.6 Å². The van der Waals surface area contributed by atoms with Crippen molar-refractivity contribution in [2.45, 2.75) is 13.8 Å². The van der Waals surface area contributed by atoms with Crippen LogP contribution in [0.2, 0.25) is 0 Å². The molecule has 2 heterocycles. The third kappa shape index (κ3) is 2.55. The molecule has 1 N–H and O–H groups in total. The lowest BCUT2D eigenvalue weighted by Crippen LogP contribution is -2.17. The number of carboxylic acids is 1. The molecule has 0 aliphatic rings. The lowest BCUT2D eigenvalue weighted by atomic mass is 10.1. The summed E-state index contributed by atoms with van der Waals surface area (Å²) in [5.74, 6) is -3.18. The molecule has 22 heavy (non-hydrogen) atoms. The second-order valence-corrected chi connectivity index (χ2v) is 5.40. The van der Waals surface area contributed by atoms with Crippen LogP contribution in [0, 0.1) is 6.92 Å². The zero-order valence-corrected chi connectivity index (χ0v) is 13.2. The molecule has 7 heteroatoms. The Morgan fingerprint density at radius 3 is 2.55 bits per heavy atom. The van der Waals surface area contributed by atoms with Gasteiger partial charge in [-0.05, 0) is 30.9 Å². The van der Waals surface area contributed by atoms with E-state index < -0.39 is 17.7 Å². The normalized spacial score (nSPS) is 10.5. The largest absolute Gasteiger partial charge is 0.475 e. The van der Waals surface area contributed by atoms with Crippen LogP contribution in [0.4, 0.5) is 0 Å². The van der Waals surface area contributed by atoms with Crippen molar-refractivity contribution in [1.82, 2.24) is 4.57 Å². The van der Waals surface area contributed by atoms with Gasteiger partial charge in [0.15, 0.2) is 0 Å². The van der Waals surface area contributed by atoms with E-state index in [1.807, 2.05) is 10.8 Å². The number of nitrogens with zero attached hydrogens (tertiary/aromatic N) is 1. The summed E-state index contributed by atoms with van der Waals surface area (Å²) in [5.41, 5.74) is 1.75. The van der Waals surface area contributed by atoms with Crippen LogP contribution in [-0.4, -0.2) is 34.0 Å². The predicted molar refractivity (Wildman–Crippen MR) is 81.4 cm³/mol. The Kier molecular flexibility index (Phi) is 4.46. The zero-order valence-electron chi connectivity index (χ0n) is 12.4. The number of carboxylic acid groups (broad SMARTS) is 1. The van der Waals surface area contributed by atoms with Crippen LogP contribution in [0.1, 0.15) is 33.3 Å². The molecule has 6 nitrogen and oxygen atoms in total. The van der Waals surface area contributed by atoms with Crippen LogP contribution >= 0.6 is 11.3 Å². The van der Waals surface area contributed by atoms with Gasteiger partial charge < -0.3 is 14.4 Å². The standard InChI is InChI=1S/C15H15NO5S/c1-4-21-15(20)10-8(2)11(13(17)14(18)19)16(3)12(10)9-5-6-22-7-9/h5-7H,4H2,1-3H3,(H,18,19). The van der Waals surface area contributed by atoms with Gasteiger partial charge in [-0.2, -0.15) is 11.3 Å². The van der Waals surface area contributed by atoms with E-state index in [9.17, 15) is 14.4 Å². The molecule has 0 unspecified atom stereocenters. The molecule has 0 bridgehead atoms. The number of thiophene rings is 1. The summed E-state index contributed by atoms with van der Waals surface area (Å²) in [7, 11) is 1.57. The van der Waals surface area contributed by atoms with E-state index in [1.165, 1.54) is 15.9 Å². The number of hydrogen-bond acceptors (Lipinski definition) is 5. The quantitative estimate of drug-likeness (QED) is 0.519. The summed E-state index contributed by atoms with van der Waals surface area (Å²) in [6, 6.07) is 1.80. The number of ether oxygens (including phenoxy) is 1. The Labute approximate surface area is 130 Å². The minimum atomic E-state index is -1.56. The third-order valence-electron chi connectivity index (χ3n) is 3.32. The van der Waals surface area contributed by atoms with Gasteiger partial charge in [-0.1, -0.05) is 0 Å². The van der Waals surface area contributed by atoms with Gasteiger partial charge in [0.25, 0.3) is 5.78 Å². The van der Waals surface area contributed by atoms with Gasteiger partial charge in [-0.15, -0.1) is 0 Å². The molecule has 0 saturated heterocycles. The average Bonchev–Trinajstić information content (AvgIpc) is 3.04. The molecule has 0 saturated carbocycles. The summed E-state index contributed by atoms with van der Waals surface area (Å²) < 4.78 is 6.49. The Bertz CT molecular complexity index is 743. The van der Waals surface area contributed by atoms with Crippen molar-refractivity contribution in [3.63, 3.8) is 0 Å². The van der Waals surface area contributed by atoms with Crippen molar-refractivity contribution < 1.29 is 24.2 Å². The Balaban J connectivity index is 2.75. The minimum absolute atomic E-state index is 0.0169. The summed E-state index contributed by atoms with van der Waals surface area (Å²) in [6.07, 6.45) is 0. The van der Waals surface area contributed by atoms with E-state index >= 15 is 0 Å². The van der Waals surface area contributed by atoms with Crippen LogP contribution in [0.25, 0.3) is 11.3 Å². The van der Waals surface area contributed by atoms with Crippen LogP contribution in [0.5, 0.6) is 0 Å². The third-order valence-corrected chi connectivity index (χ3v) is 4.00. The van der Waals surface area contributed by atoms with Crippen LogP contribution < -0.4 is 0 Å². The van der Waals surface area contributed by atoms with Crippen molar-refractivity contribution in [2.24, 2.45) is 7.05 Å². The molecule has 0 aromatic carbocycles. The number of carbonyl (C=O) groups is 3. The highest BCUT2D eigenvalue weighted by atomic mass is 32.1. The Morgan fingerprint density at radius 1 is 1.36 bits per heavy atom. The fourth-order valence-corrected chi connectivity index (χ4v) is 3.08. The maximum atomic E-state index is 12.2. The maximum Gasteiger partial charge on any atom is 0.378 e. The first-order valence-electron chi connectivity index (χ1n) is 6.56. The molecule has 0 aliphatic heterocycles. The number of aliphatic carboxylic acids is 1. The number of ketones is 1. The molecule has 0 radical (unpaired) electrons. The fourth-order valence-electron chi connectivity index (χ4n) is 2.44. The number of Topliss-reactive ketones (excluding diaryl/α,β-unsaturated/α-hetero) is 1. The molecular formula is C15H15NO5S. The summed E-state index contributed by atoms with van der Waals surface area (Å²) in [5, 5.41) is 12.6. The second kappa shape index (κ2) is 6.15. The number of hydrogen-bond donors (Lipinski definition) is 1. The van der Waals surface area contributed by atoms with Crippen molar-refractivity contribution >= 4 is 29.1 Å². The van der Waals surface area contributed by atoms with Crippen LogP contribution in [0.15, 0.2) is 16.8 Å². The molecule has 2 aromatic rings. The second-order valence-electron chi connectivity index (χ2n) is 4.62. The first-order valence-corrected chi connectivity index (χ1v) is 7.51. The van der Waals surface area contributed by atoms with E-state index in [4.69, 9.17) is 9.84 Å². The summed E-state index contributed by atoms with van der Waals surface area (Å²) >= 11 is 1.44. The molecule has 2 rings (SSSR count). The number of rotatable bonds is 5. The van der Waals surface area contributed by atoms with E-state index in [-0.39, 0.29) is 17.9 Å². The molecule has 0 atom stereocenters. The SMILES string of the molecule is CCOC(=O)c1c(C)c(C(=O)C(=O)O)n(C)c1-c1ccsc1. The van der Waals surface area contributed by atoms with E-state index in [1.54, 1.807) is 27.0 Å². The molecular weight excluding hydrogens is 306 g/mol. The highest BCUT2D eigenvalue weighted by Crippen LogP contribution is 2.33. The highest BCUT2D eigenvalue weighted by Gasteiger charge is 2.31. The molecule has 0 fully saturated rings. The predicted octanol–water partition coefficient (Wildman–Crippen LogP) is 2.51. The molecule has 0 amide bonds. The zero-order chi connectivity index (χ0) is 16.4. The maximum absolute atomic E-state index is 12.2. The molecule has 116 valence electrons. The fraction of sp³-hybridized carbons (Fsp3) is 0.267. The summed E-state index contributed by atoms with van der Waals surface area (Å²) in [6.45, 7) is 3.43. The van der Waals surface area contributed by atoms with Crippen LogP contribution in [0.3, 0.4) is 0 Å². The van der Waals surface area contributed by atoms with E-state index in [0.29, 0.717) is 11.3 Å². The Hall–Kier alpha value is -2.41. The van der Waals surface area contributed by atoms with Gasteiger partial charge in [-0.3, -0.25) is 4.79 Å². The molecule has 2 aromatic heterocycles. The van der Waals surface area contributed by atoms with Gasteiger partial charge in [0.2, 0.25) is 0 Å². The first kappa shape index (κ1) is 16.0.